The van der Waals surface area contributed by atoms with Crippen molar-refractivity contribution in [2.75, 3.05) is 13.1 Å². The van der Waals surface area contributed by atoms with E-state index < -0.39 is 0 Å². The highest BCUT2D eigenvalue weighted by Crippen LogP contribution is 2.14. The molecule has 118 valence electrons. The molecule has 6 heteroatoms. The number of amides is 1. The van der Waals surface area contributed by atoms with Gasteiger partial charge in [0.05, 0.1) is 0 Å². The number of aromatic nitrogens is 3. The van der Waals surface area contributed by atoms with Crippen molar-refractivity contribution in [1.29, 1.82) is 0 Å². The quantitative estimate of drug-likeness (QED) is 0.870. The number of piperidine rings is 1. The van der Waals surface area contributed by atoms with Gasteiger partial charge in [0.1, 0.15) is 5.82 Å². The van der Waals surface area contributed by atoms with Crippen LogP contribution in [0.4, 0.5) is 0 Å². The topological polar surface area (TPSA) is 73.9 Å². The van der Waals surface area contributed by atoms with E-state index in [4.69, 9.17) is 0 Å². The Morgan fingerprint density at radius 2 is 2.10 bits per heavy atom. The molecule has 0 radical (unpaired) electrons. The Bertz CT molecular complexity index is 462. The maximum absolute atomic E-state index is 12.6. The molecule has 1 unspecified atom stereocenters. The van der Waals surface area contributed by atoms with E-state index in [9.17, 15) is 4.79 Å². The van der Waals surface area contributed by atoms with Gasteiger partial charge in [-0.3, -0.25) is 9.89 Å². The normalized spacial score (nSPS) is 19.2. The van der Waals surface area contributed by atoms with E-state index in [-0.39, 0.29) is 23.7 Å². The van der Waals surface area contributed by atoms with Crippen LogP contribution in [0.15, 0.2) is 0 Å². The largest absolute Gasteiger partial charge is 0.332 e. The molecule has 1 saturated heterocycles. The smallest absolute Gasteiger partial charge is 0.293 e. The Hall–Kier alpha value is -1.43. The summed E-state index contributed by atoms with van der Waals surface area (Å²) in [6.07, 6.45) is 3.59. The van der Waals surface area contributed by atoms with Gasteiger partial charge >= 0.3 is 0 Å². The van der Waals surface area contributed by atoms with Crippen molar-refractivity contribution in [3.63, 3.8) is 0 Å². The first-order valence-corrected chi connectivity index (χ1v) is 7.95. The van der Waals surface area contributed by atoms with Gasteiger partial charge in [0.2, 0.25) is 5.82 Å². The first kappa shape index (κ1) is 15.9. The number of carbonyl (C=O) groups is 1. The number of nitrogens with zero attached hydrogens (tertiary/aromatic N) is 3. The van der Waals surface area contributed by atoms with Gasteiger partial charge in [0.15, 0.2) is 0 Å². The maximum atomic E-state index is 12.6. The average Bonchev–Trinajstić information content (AvgIpc) is 2.95. The second-order valence-corrected chi connectivity index (χ2v) is 6.40. The van der Waals surface area contributed by atoms with Crippen molar-refractivity contribution >= 4 is 5.91 Å². The molecular formula is C15H27N5O. The molecule has 0 aliphatic carbocycles. The van der Waals surface area contributed by atoms with Gasteiger partial charge in [0.25, 0.3) is 5.91 Å². The van der Waals surface area contributed by atoms with E-state index in [0.717, 1.165) is 25.3 Å². The van der Waals surface area contributed by atoms with Crippen LogP contribution in [0.3, 0.4) is 0 Å². The number of carbonyl (C=O) groups excluding carboxylic acids is 1. The molecule has 1 aliphatic heterocycles. The van der Waals surface area contributed by atoms with Crippen LogP contribution >= 0.6 is 0 Å². The Labute approximate surface area is 126 Å². The van der Waals surface area contributed by atoms with Crippen LogP contribution in [-0.4, -0.2) is 51.2 Å². The number of nitrogens with one attached hydrogen (secondary N) is 2. The molecule has 0 saturated carbocycles. The number of hydrogen-bond acceptors (Lipinski definition) is 4. The van der Waals surface area contributed by atoms with Gasteiger partial charge < -0.3 is 10.2 Å². The van der Waals surface area contributed by atoms with Crippen molar-refractivity contribution in [2.45, 2.75) is 65.0 Å². The molecule has 21 heavy (non-hydrogen) atoms. The highest BCUT2D eigenvalue weighted by molar-refractivity contribution is 5.90. The first-order valence-electron chi connectivity index (χ1n) is 7.95. The molecule has 1 aromatic rings. The van der Waals surface area contributed by atoms with Gasteiger partial charge in [-0.05, 0) is 33.2 Å². The van der Waals surface area contributed by atoms with Gasteiger partial charge in [-0.2, -0.15) is 0 Å². The lowest BCUT2D eigenvalue weighted by Gasteiger charge is -2.32. The first-order chi connectivity index (χ1) is 9.99. The van der Waals surface area contributed by atoms with Crippen LogP contribution < -0.4 is 5.32 Å². The number of H-pyrrole nitrogens is 1. The summed E-state index contributed by atoms with van der Waals surface area (Å²) < 4.78 is 0. The Morgan fingerprint density at radius 1 is 1.33 bits per heavy atom. The molecule has 2 N–H and O–H groups in total. The summed E-state index contributed by atoms with van der Waals surface area (Å²) in [4.78, 5) is 18.8. The zero-order valence-corrected chi connectivity index (χ0v) is 13.5. The molecular weight excluding hydrogens is 266 g/mol. The summed E-state index contributed by atoms with van der Waals surface area (Å²) in [6.45, 7) is 9.90. The fraction of sp³-hybridized carbons (Fsp3) is 0.800. The van der Waals surface area contributed by atoms with Crippen LogP contribution in [-0.2, 0) is 0 Å². The SMILES string of the molecule is CC(C)c1nc(C(=O)N(CC2CCCCN2)C(C)C)n[nH]1. The molecule has 1 amide bonds. The monoisotopic (exact) mass is 293 g/mol. The van der Waals surface area contributed by atoms with E-state index in [1.54, 1.807) is 0 Å². The summed E-state index contributed by atoms with van der Waals surface area (Å²) >= 11 is 0. The van der Waals surface area contributed by atoms with E-state index in [0.29, 0.717) is 6.04 Å². The van der Waals surface area contributed by atoms with E-state index in [1.165, 1.54) is 12.8 Å². The number of rotatable bonds is 5. The van der Waals surface area contributed by atoms with Crippen LogP contribution in [0, 0.1) is 0 Å². The summed E-state index contributed by atoms with van der Waals surface area (Å²) in [5.41, 5.74) is 0. The summed E-state index contributed by atoms with van der Waals surface area (Å²) in [5, 5.41) is 10.4. The predicted octanol–water partition coefficient (Wildman–Crippen LogP) is 1.92. The Morgan fingerprint density at radius 3 is 2.62 bits per heavy atom. The third-order valence-corrected chi connectivity index (χ3v) is 3.95. The highest BCUT2D eigenvalue weighted by atomic mass is 16.2. The van der Waals surface area contributed by atoms with Crippen LogP contribution in [0.2, 0.25) is 0 Å². The zero-order valence-electron chi connectivity index (χ0n) is 13.5. The standard InChI is InChI=1S/C15H27N5O/c1-10(2)13-17-14(19-18-13)15(21)20(11(3)4)9-12-7-5-6-8-16-12/h10-12,16H,5-9H2,1-4H3,(H,17,18,19). The van der Waals surface area contributed by atoms with Crippen LogP contribution in [0.5, 0.6) is 0 Å². The average molecular weight is 293 g/mol. The minimum atomic E-state index is -0.0828. The molecule has 6 nitrogen and oxygen atoms in total. The predicted molar refractivity (Wildman–Crippen MR) is 82.3 cm³/mol. The number of aromatic amines is 1. The van der Waals surface area contributed by atoms with Crippen LogP contribution in [0.25, 0.3) is 0 Å². The third-order valence-electron chi connectivity index (χ3n) is 3.95. The minimum absolute atomic E-state index is 0.0828. The molecule has 0 bridgehead atoms. The molecule has 2 heterocycles. The summed E-state index contributed by atoms with van der Waals surface area (Å²) in [6, 6.07) is 0.524. The molecule has 1 atom stereocenters. The molecule has 1 aliphatic rings. The van der Waals surface area contributed by atoms with Gasteiger partial charge in [0, 0.05) is 24.5 Å². The second kappa shape index (κ2) is 7.02. The fourth-order valence-corrected chi connectivity index (χ4v) is 2.60. The molecule has 0 spiro atoms. The van der Waals surface area contributed by atoms with E-state index >= 15 is 0 Å². The van der Waals surface area contributed by atoms with Crippen molar-refractivity contribution in [1.82, 2.24) is 25.4 Å². The van der Waals surface area contributed by atoms with Crippen molar-refractivity contribution in [3.8, 4) is 0 Å². The van der Waals surface area contributed by atoms with E-state index in [1.807, 2.05) is 32.6 Å². The second-order valence-electron chi connectivity index (χ2n) is 6.40. The third kappa shape index (κ3) is 4.03. The maximum Gasteiger partial charge on any atom is 0.293 e. The van der Waals surface area contributed by atoms with Crippen molar-refractivity contribution in [2.24, 2.45) is 0 Å². The minimum Gasteiger partial charge on any atom is -0.332 e. The Kier molecular flexibility index (Phi) is 5.33. The fourth-order valence-electron chi connectivity index (χ4n) is 2.60. The molecule has 1 fully saturated rings. The van der Waals surface area contributed by atoms with Gasteiger partial charge in [-0.1, -0.05) is 20.3 Å². The lowest BCUT2D eigenvalue weighted by molar-refractivity contribution is 0.0664. The van der Waals surface area contributed by atoms with Gasteiger partial charge in [-0.25, -0.2) is 4.98 Å². The van der Waals surface area contributed by atoms with E-state index in [2.05, 4.69) is 20.5 Å². The Balaban J connectivity index is 2.07. The van der Waals surface area contributed by atoms with Crippen molar-refractivity contribution < 1.29 is 4.79 Å². The highest BCUT2D eigenvalue weighted by Gasteiger charge is 2.26. The number of hydrogen-bond donors (Lipinski definition) is 2. The zero-order chi connectivity index (χ0) is 15.4. The lowest BCUT2D eigenvalue weighted by Crippen LogP contribution is -2.48. The molecule has 1 aromatic heterocycles. The lowest BCUT2D eigenvalue weighted by atomic mass is 10.0. The molecule has 0 aromatic carbocycles. The van der Waals surface area contributed by atoms with Crippen molar-refractivity contribution in [3.05, 3.63) is 11.6 Å². The van der Waals surface area contributed by atoms with Crippen LogP contribution in [0.1, 0.15) is 69.3 Å². The summed E-state index contributed by atoms with van der Waals surface area (Å²) in [5.74, 6) is 1.20. The summed E-state index contributed by atoms with van der Waals surface area (Å²) in [7, 11) is 0. The molecule has 2 rings (SSSR count). The van der Waals surface area contributed by atoms with Gasteiger partial charge in [-0.15, -0.1) is 5.10 Å².